The second kappa shape index (κ2) is 5.66. The third-order valence-electron chi connectivity index (χ3n) is 3.94. The zero-order chi connectivity index (χ0) is 16.0. The van der Waals surface area contributed by atoms with Crippen molar-refractivity contribution in [3.63, 3.8) is 0 Å². The van der Waals surface area contributed by atoms with Gasteiger partial charge in [-0.05, 0) is 32.3 Å². The molecule has 1 aromatic rings. The third kappa shape index (κ3) is 2.80. The van der Waals surface area contributed by atoms with Crippen molar-refractivity contribution in [1.29, 1.82) is 0 Å². The molecule has 116 valence electrons. The monoisotopic (exact) mass is 437 g/mol. The van der Waals surface area contributed by atoms with Crippen molar-refractivity contribution < 1.29 is 14.3 Å². The van der Waals surface area contributed by atoms with Crippen molar-refractivity contribution in [2.45, 2.75) is 36.8 Å². The molecule has 7 heteroatoms. The summed E-state index contributed by atoms with van der Waals surface area (Å²) in [5, 5.41) is 3.47. The molecule has 1 fully saturated rings. The number of esters is 1. The molecular weight excluding hydrogens is 422 g/mol. The molecule has 0 radical (unpaired) electrons. The summed E-state index contributed by atoms with van der Waals surface area (Å²) in [5.74, 6) is -0.512. The molecule has 21 heavy (non-hydrogen) atoms. The van der Waals surface area contributed by atoms with Crippen LogP contribution in [-0.2, 0) is 16.0 Å². The van der Waals surface area contributed by atoms with Crippen LogP contribution in [0.3, 0.4) is 0 Å². The molecule has 1 saturated carbocycles. The van der Waals surface area contributed by atoms with Gasteiger partial charge < -0.3 is 10.1 Å². The van der Waals surface area contributed by atoms with Gasteiger partial charge in [0.05, 0.1) is 21.3 Å². The van der Waals surface area contributed by atoms with Crippen LogP contribution in [0.4, 0.5) is 5.00 Å². The second-order valence-electron chi connectivity index (χ2n) is 5.35. The Balaban J connectivity index is 2.33. The maximum absolute atomic E-state index is 12.5. The third-order valence-corrected chi connectivity index (χ3v) is 7.31. The molecule has 1 aliphatic carbocycles. The number of methoxy groups -OCH3 is 1. The van der Waals surface area contributed by atoms with Crippen LogP contribution >= 0.6 is 43.2 Å². The van der Waals surface area contributed by atoms with Crippen LogP contribution in [0.2, 0.25) is 0 Å². The standard InChI is InChI=1S/C14H17Br2NO3S/c1-5-8-7(2)21-10(9(8)11(18)20-4)17-12(19)13(3)6-14(13,15)16/h5-6H2,1-4H3,(H,17,19). The van der Waals surface area contributed by atoms with E-state index in [1.165, 1.54) is 18.4 Å². The van der Waals surface area contributed by atoms with Crippen LogP contribution in [-0.4, -0.2) is 22.2 Å². The van der Waals surface area contributed by atoms with Crippen molar-refractivity contribution in [2.24, 2.45) is 5.41 Å². The number of carbonyl (C=O) groups excluding carboxylic acids is 2. The van der Waals surface area contributed by atoms with Gasteiger partial charge >= 0.3 is 5.97 Å². The normalized spacial score (nSPS) is 22.8. The number of hydrogen-bond donors (Lipinski definition) is 1. The molecule has 1 unspecified atom stereocenters. The number of anilines is 1. The van der Waals surface area contributed by atoms with Crippen LogP contribution in [0.5, 0.6) is 0 Å². The number of aryl methyl sites for hydroxylation is 1. The lowest BCUT2D eigenvalue weighted by Gasteiger charge is -2.13. The molecule has 0 saturated heterocycles. The highest BCUT2D eigenvalue weighted by Gasteiger charge is 2.66. The van der Waals surface area contributed by atoms with Gasteiger partial charge in [0.15, 0.2) is 0 Å². The lowest BCUT2D eigenvalue weighted by Crippen LogP contribution is -2.26. The van der Waals surface area contributed by atoms with E-state index in [4.69, 9.17) is 4.74 Å². The first-order chi connectivity index (χ1) is 9.67. The summed E-state index contributed by atoms with van der Waals surface area (Å²) >= 11 is 8.39. The highest BCUT2D eigenvalue weighted by Crippen LogP contribution is 2.66. The summed E-state index contributed by atoms with van der Waals surface area (Å²) in [6, 6.07) is 0. The van der Waals surface area contributed by atoms with Crippen LogP contribution in [0.15, 0.2) is 0 Å². The number of halogens is 2. The summed E-state index contributed by atoms with van der Waals surface area (Å²) in [6.45, 7) is 5.81. The topological polar surface area (TPSA) is 55.4 Å². The first kappa shape index (κ1) is 17.0. The summed E-state index contributed by atoms with van der Waals surface area (Å²) in [6.07, 6.45) is 1.42. The van der Waals surface area contributed by atoms with Gasteiger partial charge in [-0.1, -0.05) is 38.8 Å². The predicted molar refractivity (Wildman–Crippen MR) is 91.7 cm³/mol. The fourth-order valence-electron chi connectivity index (χ4n) is 2.30. The lowest BCUT2D eigenvalue weighted by molar-refractivity contribution is -0.120. The van der Waals surface area contributed by atoms with Gasteiger partial charge in [0, 0.05) is 4.88 Å². The zero-order valence-corrected chi connectivity index (χ0v) is 16.3. The fourth-order valence-corrected chi connectivity index (χ4v) is 4.91. The molecule has 1 N–H and O–H groups in total. The van der Waals surface area contributed by atoms with Crippen molar-refractivity contribution >= 4 is 60.1 Å². The Morgan fingerprint density at radius 1 is 1.43 bits per heavy atom. The molecule has 1 aliphatic rings. The molecule has 2 rings (SSSR count). The maximum Gasteiger partial charge on any atom is 0.341 e. The van der Waals surface area contributed by atoms with Gasteiger partial charge in [-0.2, -0.15) is 0 Å². The van der Waals surface area contributed by atoms with Crippen molar-refractivity contribution in [2.75, 3.05) is 12.4 Å². The minimum Gasteiger partial charge on any atom is -0.465 e. The molecule has 1 atom stereocenters. The maximum atomic E-state index is 12.5. The molecule has 1 aromatic heterocycles. The minimum absolute atomic E-state index is 0.106. The van der Waals surface area contributed by atoms with Gasteiger partial charge in [0.25, 0.3) is 0 Å². The van der Waals surface area contributed by atoms with Crippen LogP contribution < -0.4 is 5.32 Å². The van der Waals surface area contributed by atoms with Crippen molar-refractivity contribution in [1.82, 2.24) is 0 Å². The lowest BCUT2D eigenvalue weighted by atomic mass is 10.1. The zero-order valence-electron chi connectivity index (χ0n) is 12.3. The Morgan fingerprint density at radius 2 is 2.00 bits per heavy atom. The van der Waals surface area contributed by atoms with E-state index in [-0.39, 0.29) is 9.14 Å². The van der Waals surface area contributed by atoms with E-state index >= 15 is 0 Å². The molecular formula is C14H17Br2NO3S. The van der Waals surface area contributed by atoms with E-state index in [9.17, 15) is 9.59 Å². The first-order valence-corrected chi connectivity index (χ1v) is 8.98. The van der Waals surface area contributed by atoms with Gasteiger partial charge in [-0.3, -0.25) is 4.79 Å². The van der Waals surface area contributed by atoms with Crippen molar-refractivity contribution in [3.8, 4) is 0 Å². The Labute approximate surface area is 144 Å². The van der Waals surface area contributed by atoms with E-state index in [1.807, 2.05) is 20.8 Å². The van der Waals surface area contributed by atoms with Crippen LogP contribution in [0.25, 0.3) is 0 Å². The summed E-state index contributed by atoms with van der Waals surface area (Å²) in [4.78, 5) is 25.5. The number of nitrogens with one attached hydrogen (secondary N) is 1. The Morgan fingerprint density at radius 3 is 2.43 bits per heavy atom. The quantitative estimate of drug-likeness (QED) is 0.564. The Kier molecular flexibility index (Phi) is 4.57. The predicted octanol–water partition coefficient (Wildman–Crippen LogP) is 4.24. The Hall–Kier alpha value is -0.400. The smallest absolute Gasteiger partial charge is 0.341 e. The molecule has 4 nitrogen and oxygen atoms in total. The number of thiophene rings is 1. The first-order valence-electron chi connectivity index (χ1n) is 6.57. The van der Waals surface area contributed by atoms with Gasteiger partial charge in [0.1, 0.15) is 5.00 Å². The molecule has 0 aromatic carbocycles. The molecule has 1 amide bonds. The molecule has 0 aliphatic heterocycles. The van der Waals surface area contributed by atoms with Gasteiger partial charge in [0.2, 0.25) is 5.91 Å². The molecule has 1 heterocycles. The number of carbonyl (C=O) groups is 2. The average molecular weight is 439 g/mol. The van der Waals surface area contributed by atoms with E-state index in [1.54, 1.807) is 0 Å². The van der Waals surface area contributed by atoms with Gasteiger partial charge in [-0.25, -0.2) is 4.79 Å². The van der Waals surface area contributed by atoms with Crippen molar-refractivity contribution in [3.05, 3.63) is 16.0 Å². The number of rotatable bonds is 4. The summed E-state index contributed by atoms with van der Waals surface area (Å²) < 4.78 is 4.50. The number of ether oxygens (including phenoxy) is 1. The number of hydrogen-bond acceptors (Lipinski definition) is 4. The largest absolute Gasteiger partial charge is 0.465 e. The summed E-state index contributed by atoms with van der Waals surface area (Å²) in [7, 11) is 1.35. The van der Waals surface area contributed by atoms with E-state index in [0.717, 1.165) is 16.9 Å². The highest BCUT2D eigenvalue weighted by atomic mass is 79.9. The number of alkyl halides is 2. The molecule has 0 bridgehead atoms. The van der Waals surface area contributed by atoms with Crippen LogP contribution in [0.1, 0.15) is 41.1 Å². The van der Waals surface area contributed by atoms with E-state index in [0.29, 0.717) is 17.0 Å². The minimum atomic E-state index is -0.523. The highest BCUT2D eigenvalue weighted by molar-refractivity contribution is 9.25. The fraction of sp³-hybridized carbons (Fsp3) is 0.571. The van der Waals surface area contributed by atoms with E-state index < -0.39 is 11.4 Å². The SMILES string of the molecule is CCc1c(C)sc(NC(=O)C2(C)CC2(Br)Br)c1C(=O)OC. The summed E-state index contributed by atoms with van der Waals surface area (Å²) in [5.41, 5.74) is 0.895. The number of amides is 1. The van der Waals surface area contributed by atoms with Gasteiger partial charge in [-0.15, -0.1) is 11.3 Å². The average Bonchev–Trinajstić information content (AvgIpc) is 2.77. The molecule has 0 spiro atoms. The van der Waals surface area contributed by atoms with E-state index in [2.05, 4.69) is 37.2 Å². The van der Waals surface area contributed by atoms with Crippen LogP contribution in [0, 0.1) is 12.3 Å². The second-order valence-corrected chi connectivity index (χ2v) is 10.3. The Bertz CT molecular complexity index is 612.